The molecule has 0 unspecified atom stereocenters. The molecular weight excluding hydrogens is 160 g/mol. The molecule has 0 amide bonds. The van der Waals surface area contributed by atoms with Crippen LogP contribution in [0.15, 0.2) is 12.1 Å². The summed E-state index contributed by atoms with van der Waals surface area (Å²) in [4.78, 5) is 0. The number of hydrogen-bond donors (Lipinski definition) is 1. The SMILES string of the molecule is CC(C)c1c(F)ccc(N)c1F. The van der Waals surface area contributed by atoms with Crippen molar-refractivity contribution in [3.05, 3.63) is 29.3 Å². The molecule has 1 nitrogen and oxygen atoms in total. The third kappa shape index (κ3) is 1.40. The van der Waals surface area contributed by atoms with E-state index >= 15 is 0 Å². The molecule has 0 aliphatic carbocycles. The van der Waals surface area contributed by atoms with Crippen LogP contribution in [-0.2, 0) is 0 Å². The lowest BCUT2D eigenvalue weighted by Crippen LogP contribution is -2.01. The predicted molar refractivity (Wildman–Crippen MR) is 44.9 cm³/mol. The minimum absolute atomic E-state index is 0.0000926. The van der Waals surface area contributed by atoms with Gasteiger partial charge in [0.15, 0.2) is 5.82 Å². The van der Waals surface area contributed by atoms with Gasteiger partial charge in [-0.1, -0.05) is 13.8 Å². The van der Waals surface area contributed by atoms with E-state index in [2.05, 4.69) is 0 Å². The van der Waals surface area contributed by atoms with Crippen LogP contribution in [0.3, 0.4) is 0 Å². The highest BCUT2D eigenvalue weighted by Crippen LogP contribution is 2.25. The van der Waals surface area contributed by atoms with Crippen LogP contribution in [-0.4, -0.2) is 0 Å². The average Bonchev–Trinajstić information content (AvgIpc) is 1.97. The number of nitrogen functional groups attached to an aromatic ring is 1. The Morgan fingerprint density at radius 3 is 2.25 bits per heavy atom. The van der Waals surface area contributed by atoms with Crippen LogP contribution in [0.4, 0.5) is 14.5 Å². The van der Waals surface area contributed by atoms with E-state index in [9.17, 15) is 8.78 Å². The number of rotatable bonds is 1. The van der Waals surface area contributed by atoms with Crippen molar-refractivity contribution in [1.82, 2.24) is 0 Å². The zero-order chi connectivity index (χ0) is 9.30. The molecule has 3 heteroatoms. The predicted octanol–water partition coefficient (Wildman–Crippen LogP) is 2.67. The Bertz CT molecular complexity index is 295. The van der Waals surface area contributed by atoms with Crippen molar-refractivity contribution in [3.8, 4) is 0 Å². The van der Waals surface area contributed by atoms with Crippen molar-refractivity contribution >= 4 is 5.69 Å². The van der Waals surface area contributed by atoms with Crippen LogP contribution < -0.4 is 5.73 Å². The summed E-state index contributed by atoms with van der Waals surface area (Å²) >= 11 is 0. The standard InChI is InChI=1S/C9H11F2N/c1-5(2)8-6(10)3-4-7(12)9(8)11/h3-5H,12H2,1-2H3. The van der Waals surface area contributed by atoms with Gasteiger partial charge in [-0.15, -0.1) is 0 Å². The lowest BCUT2D eigenvalue weighted by Gasteiger charge is -2.09. The van der Waals surface area contributed by atoms with Crippen LogP contribution in [0.2, 0.25) is 0 Å². The zero-order valence-electron chi connectivity index (χ0n) is 7.07. The summed E-state index contributed by atoms with van der Waals surface area (Å²) in [6, 6.07) is 2.42. The summed E-state index contributed by atoms with van der Waals surface area (Å²) in [5, 5.41) is 0. The fourth-order valence-corrected chi connectivity index (χ4v) is 1.12. The number of nitrogens with two attached hydrogens (primary N) is 1. The molecule has 0 aromatic heterocycles. The third-order valence-electron chi connectivity index (χ3n) is 1.73. The molecule has 0 spiro atoms. The highest BCUT2D eigenvalue weighted by molar-refractivity contribution is 5.44. The molecule has 1 aromatic rings. The minimum Gasteiger partial charge on any atom is -0.396 e. The van der Waals surface area contributed by atoms with E-state index in [1.807, 2.05) is 0 Å². The largest absolute Gasteiger partial charge is 0.396 e. The summed E-state index contributed by atoms with van der Waals surface area (Å²) in [7, 11) is 0. The average molecular weight is 171 g/mol. The quantitative estimate of drug-likeness (QED) is 0.646. The van der Waals surface area contributed by atoms with Crippen molar-refractivity contribution in [2.45, 2.75) is 19.8 Å². The second-order valence-corrected chi connectivity index (χ2v) is 3.02. The van der Waals surface area contributed by atoms with Gasteiger partial charge in [0.05, 0.1) is 5.69 Å². The highest BCUT2D eigenvalue weighted by atomic mass is 19.1. The van der Waals surface area contributed by atoms with Crippen molar-refractivity contribution < 1.29 is 8.78 Å². The summed E-state index contributed by atoms with van der Waals surface area (Å²) in [5.41, 5.74) is 5.35. The van der Waals surface area contributed by atoms with Crippen molar-refractivity contribution in [3.63, 3.8) is 0 Å². The van der Waals surface area contributed by atoms with Gasteiger partial charge in [0.2, 0.25) is 0 Å². The van der Waals surface area contributed by atoms with E-state index in [1.54, 1.807) is 13.8 Å². The van der Waals surface area contributed by atoms with Gasteiger partial charge in [0.1, 0.15) is 5.82 Å². The molecule has 1 rings (SSSR count). The summed E-state index contributed by atoms with van der Waals surface area (Å²) in [5.74, 6) is -1.35. The molecule has 0 radical (unpaired) electrons. The van der Waals surface area contributed by atoms with Gasteiger partial charge in [-0.05, 0) is 18.1 Å². The first-order valence-electron chi connectivity index (χ1n) is 3.77. The monoisotopic (exact) mass is 171 g/mol. The number of anilines is 1. The molecule has 1 aromatic carbocycles. The highest BCUT2D eigenvalue weighted by Gasteiger charge is 2.14. The van der Waals surface area contributed by atoms with Gasteiger partial charge in [0.25, 0.3) is 0 Å². The number of benzene rings is 1. The smallest absolute Gasteiger partial charge is 0.152 e. The lowest BCUT2D eigenvalue weighted by atomic mass is 10.0. The van der Waals surface area contributed by atoms with Crippen LogP contribution in [0.25, 0.3) is 0 Å². The second kappa shape index (κ2) is 3.09. The first kappa shape index (κ1) is 8.97. The summed E-state index contributed by atoms with van der Waals surface area (Å²) < 4.78 is 26.1. The van der Waals surface area contributed by atoms with Crippen molar-refractivity contribution in [2.75, 3.05) is 5.73 Å². The van der Waals surface area contributed by atoms with Gasteiger partial charge in [0, 0.05) is 5.56 Å². The zero-order valence-corrected chi connectivity index (χ0v) is 7.07. The molecule has 0 atom stereocenters. The Kier molecular flexibility index (Phi) is 2.31. The Balaban J connectivity index is 3.33. The molecular formula is C9H11F2N. The van der Waals surface area contributed by atoms with E-state index < -0.39 is 11.6 Å². The fraction of sp³-hybridized carbons (Fsp3) is 0.333. The molecule has 0 saturated heterocycles. The van der Waals surface area contributed by atoms with Crippen LogP contribution >= 0.6 is 0 Å². The minimum atomic E-state index is -0.634. The van der Waals surface area contributed by atoms with Gasteiger partial charge in [-0.3, -0.25) is 0 Å². The molecule has 0 heterocycles. The fourth-order valence-electron chi connectivity index (χ4n) is 1.12. The van der Waals surface area contributed by atoms with Crippen LogP contribution in [0.5, 0.6) is 0 Å². The molecule has 0 fully saturated rings. The van der Waals surface area contributed by atoms with Gasteiger partial charge >= 0.3 is 0 Å². The Labute approximate surface area is 70.2 Å². The van der Waals surface area contributed by atoms with E-state index in [1.165, 1.54) is 12.1 Å². The molecule has 0 saturated carbocycles. The maximum atomic E-state index is 13.1. The van der Waals surface area contributed by atoms with E-state index in [0.29, 0.717) is 0 Å². The van der Waals surface area contributed by atoms with Gasteiger partial charge in [-0.25, -0.2) is 8.78 Å². The van der Waals surface area contributed by atoms with Crippen LogP contribution in [0.1, 0.15) is 25.3 Å². The van der Waals surface area contributed by atoms with Gasteiger partial charge < -0.3 is 5.73 Å². The summed E-state index contributed by atoms with van der Waals surface area (Å²) in [6.07, 6.45) is 0. The molecule has 0 aliphatic heterocycles. The Morgan fingerprint density at radius 2 is 1.83 bits per heavy atom. The van der Waals surface area contributed by atoms with E-state index in [-0.39, 0.29) is 17.2 Å². The Hall–Kier alpha value is -1.12. The lowest BCUT2D eigenvalue weighted by molar-refractivity contribution is 0.544. The normalized spacial score (nSPS) is 10.8. The van der Waals surface area contributed by atoms with Crippen molar-refractivity contribution in [2.24, 2.45) is 0 Å². The Morgan fingerprint density at radius 1 is 1.25 bits per heavy atom. The topological polar surface area (TPSA) is 26.0 Å². The second-order valence-electron chi connectivity index (χ2n) is 3.02. The molecule has 66 valence electrons. The van der Waals surface area contributed by atoms with E-state index in [0.717, 1.165) is 0 Å². The van der Waals surface area contributed by atoms with Crippen LogP contribution in [0, 0.1) is 11.6 Å². The molecule has 12 heavy (non-hydrogen) atoms. The number of hydrogen-bond acceptors (Lipinski definition) is 1. The third-order valence-corrected chi connectivity index (χ3v) is 1.73. The maximum absolute atomic E-state index is 13.1. The molecule has 0 aliphatic rings. The summed E-state index contributed by atoms with van der Waals surface area (Å²) in [6.45, 7) is 3.45. The maximum Gasteiger partial charge on any atom is 0.152 e. The molecule has 2 N–H and O–H groups in total. The van der Waals surface area contributed by atoms with Gasteiger partial charge in [-0.2, -0.15) is 0 Å². The first-order valence-corrected chi connectivity index (χ1v) is 3.77. The molecule has 0 bridgehead atoms. The number of halogens is 2. The first-order chi connectivity index (χ1) is 5.54. The van der Waals surface area contributed by atoms with Crippen molar-refractivity contribution in [1.29, 1.82) is 0 Å². The van der Waals surface area contributed by atoms with E-state index in [4.69, 9.17) is 5.73 Å².